The van der Waals surface area contributed by atoms with Gasteiger partial charge in [0.15, 0.2) is 5.82 Å². The average molecular weight is 219 g/mol. The third kappa shape index (κ3) is 1.71. The van der Waals surface area contributed by atoms with Gasteiger partial charge in [-0.25, -0.2) is 4.98 Å². The van der Waals surface area contributed by atoms with E-state index in [1.807, 2.05) is 6.92 Å². The number of thiocarbonyl (C=S) groups is 1. The van der Waals surface area contributed by atoms with Crippen LogP contribution in [0.2, 0.25) is 0 Å². The number of hydrogen-bond donors (Lipinski definition) is 1. The van der Waals surface area contributed by atoms with Crippen molar-refractivity contribution in [2.24, 2.45) is 5.73 Å². The Morgan fingerprint density at radius 2 is 2.27 bits per heavy atom. The van der Waals surface area contributed by atoms with Crippen LogP contribution in [0.15, 0.2) is 24.7 Å². The van der Waals surface area contributed by atoms with Crippen LogP contribution in [0.5, 0.6) is 0 Å². The highest BCUT2D eigenvalue weighted by Gasteiger charge is 2.10. The molecule has 5 nitrogen and oxygen atoms in total. The van der Waals surface area contributed by atoms with E-state index in [9.17, 15) is 0 Å². The fourth-order valence-corrected chi connectivity index (χ4v) is 1.46. The molecule has 2 N–H and O–H groups in total. The third-order valence-corrected chi connectivity index (χ3v) is 2.24. The number of aromatic nitrogens is 4. The zero-order chi connectivity index (χ0) is 10.8. The molecular weight excluding hydrogens is 210 g/mol. The van der Waals surface area contributed by atoms with Crippen molar-refractivity contribution in [1.29, 1.82) is 0 Å². The first kappa shape index (κ1) is 9.72. The molecule has 6 heteroatoms. The summed E-state index contributed by atoms with van der Waals surface area (Å²) in [6, 6.07) is 1.74. The maximum absolute atomic E-state index is 5.60. The molecule has 0 unspecified atom stereocenters. The minimum Gasteiger partial charge on any atom is -0.389 e. The maximum atomic E-state index is 5.60. The lowest BCUT2D eigenvalue weighted by molar-refractivity contribution is 0.876. The second-order valence-electron chi connectivity index (χ2n) is 2.98. The number of nitrogens with two attached hydrogens (primary N) is 1. The highest BCUT2D eigenvalue weighted by atomic mass is 32.1. The summed E-state index contributed by atoms with van der Waals surface area (Å²) in [4.78, 5) is 4.40. The fraction of sp³-hybridized carbons (Fsp3) is 0.111. The summed E-state index contributed by atoms with van der Waals surface area (Å²) in [7, 11) is 0. The Labute approximate surface area is 92.0 Å². The van der Waals surface area contributed by atoms with Gasteiger partial charge in [-0.1, -0.05) is 12.2 Å². The molecule has 0 atom stereocenters. The lowest BCUT2D eigenvalue weighted by atomic mass is 10.3. The highest BCUT2D eigenvalue weighted by Crippen LogP contribution is 2.11. The predicted molar refractivity (Wildman–Crippen MR) is 59.8 cm³/mol. The Kier molecular flexibility index (Phi) is 2.42. The third-order valence-electron chi connectivity index (χ3n) is 2.02. The van der Waals surface area contributed by atoms with Crippen molar-refractivity contribution in [1.82, 2.24) is 19.7 Å². The Balaban J connectivity index is 2.63. The Bertz CT molecular complexity index is 505. The first-order valence-electron chi connectivity index (χ1n) is 4.32. The summed E-state index contributed by atoms with van der Waals surface area (Å²) in [6.45, 7) is 1.87. The van der Waals surface area contributed by atoms with Gasteiger partial charge in [0.05, 0.1) is 11.8 Å². The molecule has 0 bridgehead atoms. The van der Waals surface area contributed by atoms with Gasteiger partial charge < -0.3 is 5.73 Å². The summed E-state index contributed by atoms with van der Waals surface area (Å²) < 4.78 is 1.79. The molecule has 0 saturated carbocycles. The van der Waals surface area contributed by atoms with Crippen molar-refractivity contribution < 1.29 is 0 Å². The fourth-order valence-electron chi connectivity index (χ4n) is 1.30. The van der Waals surface area contributed by atoms with Crippen LogP contribution in [-0.2, 0) is 0 Å². The molecule has 0 aromatic carbocycles. The van der Waals surface area contributed by atoms with Crippen LogP contribution in [-0.4, -0.2) is 24.7 Å². The van der Waals surface area contributed by atoms with Crippen molar-refractivity contribution in [3.63, 3.8) is 0 Å². The molecule has 0 aliphatic carbocycles. The zero-order valence-electron chi connectivity index (χ0n) is 8.08. The van der Waals surface area contributed by atoms with E-state index in [-0.39, 0.29) is 0 Å². The van der Waals surface area contributed by atoms with E-state index in [1.165, 1.54) is 0 Å². The standard InChI is InChI=1S/C9H9N5S/c1-6-11-4-5-14(6)9-7(8(10)15)2-3-12-13-9/h2-5H,1H3,(H2,10,15). The topological polar surface area (TPSA) is 69.6 Å². The van der Waals surface area contributed by atoms with Crippen molar-refractivity contribution in [2.45, 2.75) is 6.92 Å². The SMILES string of the molecule is Cc1nccn1-c1nnccc1C(N)=S. The van der Waals surface area contributed by atoms with Crippen molar-refractivity contribution in [2.75, 3.05) is 0 Å². The van der Waals surface area contributed by atoms with Crippen LogP contribution in [0.3, 0.4) is 0 Å². The van der Waals surface area contributed by atoms with Crippen LogP contribution in [0.4, 0.5) is 0 Å². The lowest BCUT2D eigenvalue weighted by Crippen LogP contribution is -2.15. The Morgan fingerprint density at radius 1 is 1.47 bits per heavy atom. The molecule has 2 rings (SSSR count). The largest absolute Gasteiger partial charge is 0.389 e. The molecule has 0 fully saturated rings. The van der Waals surface area contributed by atoms with Crippen LogP contribution < -0.4 is 5.73 Å². The minimum atomic E-state index is 0.299. The van der Waals surface area contributed by atoms with Crippen molar-refractivity contribution in [3.05, 3.63) is 36.0 Å². The van der Waals surface area contributed by atoms with Gasteiger partial charge in [-0.3, -0.25) is 4.57 Å². The first-order chi connectivity index (χ1) is 7.20. The lowest BCUT2D eigenvalue weighted by Gasteiger charge is -2.07. The van der Waals surface area contributed by atoms with Crippen LogP contribution >= 0.6 is 12.2 Å². The van der Waals surface area contributed by atoms with Gasteiger partial charge in [0, 0.05) is 12.4 Å². The van der Waals surface area contributed by atoms with Crippen LogP contribution in [0.1, 0.15) is 11.4 Å². The second-order valence-corrected chi connectivity index (χ2v) is 3.42. The quantitative estimate of drug-likeness (QED) is 0.749. The van der Waals surface area contributed by atoms with E-state index in [0.717, 1.165) is 5.82 Å². The zero-order valence-corrected chi connectivity index (χ0v) is 8.90. The molecule has 0 aliphatic rings. The van der Waals surface area contributed by atoms with E-state index in [2.05, 4.69) is 15.2 Å². The monoisotopic (exact) mass is 219 g/mol. The second kappa shape index (κ2) is 3.74. The van der Waals surface area contributed by atoms with Gasteiger partial charge in [-0.05, 0) is 13.0 Å². The normalized spacial score (nSPS) is 10.2. The summed E-state index contributed by atoms with van der Waals surface area (Å²) >= 11 is 4.94. The average Bonchev–Trinajstić information content (AvgIpc) is 2.64. The molecule has 2 aromatic heterocycles. The smallest absolute Gasteiger partial charge is 0.171 e. The maximum Gasteiger partial charge on any atom is 0.171 e. The van der Waals surface area contributed by atoms with Gasteiger partial charge in [0.1, 0.15) is 10.8 Å². The molecule has 2 aromatic rings. The van der Waals surface area contributed by atoms with E-state index in [4.69, 9.17) is 18.0 Å². The molecular formula is C9H9N5S. The molecule has 0 saturated heterocycles. The number of aryl methyl sites for hydroxylation is 1. The van der Waals surface area contributed by atoms with Gasteiger partial charge in [-0.15, -0.1) is 5.10 Å². The number of nitrogens with zero attached hydrogens (tertiary/aromatic N) is 4. The van der Waals surface area contributed by atoms with Gasteiger partial charge >= 0.3 is 0 Å². The van der Waals surface area contributed by atoms with Crippen LogP contribution in [0, 0.1) is 6.92 Å². The van der Waals surface area contributed by atoms with E-state index < -0.39 is 0 Å². The number of rotatable bonds is 2. The van der Waals surface area contributed by atoms with E-state index >= 15 is 0 Å². The van der Waals surface area contributed by atoms with Crippen molar-refractivity contribution >= 4 is 17.2 Å². The van der Waals surface area contributed by atoms with Gasteiger partial charge in [0.2, 0.25) is 0 Å². The van der Waals surface area contributed by atoms with E-state index in [0.29, 0.717) is 16.4 Å². The molecule has 15 heavy (non-hydrogen) atoms. The molecule has 0 aliphatic heterocycles. The Morgan fingerprint density at radius 3 is 2.87 bits per heavy atom. The molecule has 0 amide bonds. The molecule has 76 valence electrons. The van der Waals surface area contributed by atoms with Crippen LogP contribution in [0.25, 0.3) is 5.82 Å². The predicted octanol–water partition coefficient (Wildman–Crippen LogP) is 0.605. The molecule has 2 heterocycles. The first-order valence-corrected chi connectivity index (χ1v) is 4.73. The number of imidazole rings is 1. The summed E-state index contributed by atoms with van der Waals surface area (Å²) in [6.07, 6.45) is 5.04. The van der Waals surface area contributed by atoms with Gasteiger partial charge in [-0.2, -0.15) is 5.10 Å². The molecule has 0 radical (unpaired) electrons. The molecule has 0 spiro atoms. The van der Waals surface area contributed by atoms with Crippen molar-refractivity contribution in [3.8, 4) is 5.82 Å². The summed E-state index contributed by atoms with van der Waals surface area (Å²) in [5.41, 5.74) is 6.30. The summed E-state index contributed by atoms with van der Waals surface area (Å²) in [5, 5.41) is 7.82. The Hall–Kier alpha value is -1.82. The highest BCUT2D eigenvalue weighted by molar-refractivity contribution is 7.80. The number of hydrogen-bond acceptors (Lipinski definition) is 4. The minimum absolute atomic E-state index is 0.299. The van der Waals surface area contributed by atoms with E-state index in [1.54, 1.807) is 29.2 Å². The van der Waals surface area contributed by atoms with Gasteiger partial charge in [0.25, 0.3) is 0 Å². The summed E-state index contributed by atoms with van der Waals surface area (Å²) in [5.74, 6) is 1.42.